The van der Waals surface area contributed by atoms with Crippen molar-refractivity contribution in [2.75, 3.05) is 5.32 Å². The largest absolute Gasteiger partial charge is 0.326 e. The van der Waals surface area contributed by atoms with Crippen LogP contribution < -0.4 is 10.7 Å². The third-order valence-electron chi connectivity index (χ3n) is 4.25. The molecule has 24 heavy (non-hydrogen) atoms. The van der Waals surface area contributed by atoms with Crippen molar-refractivity contribution in [2.24, 2.45) is 11.0 Å². The average Bonchev–Trinajstić information content (AvgIpc) is 2.55. The number of benzene rings is 1. The Morgan fingerprint density at radius 3 is 2.71 bits per heavy atom. The number of carbonyl (C=O) groups is 2. The first kappa shape index (κ1) is 18.9. The molecule has 5 nitrogen and oxygen atoms in total. The van der Waals surface area contributed by atoms with Crippen LogP contribution in [0.25, 0.3) is 0 Å². The topological polar surface area (TPSA) is 70.6 Å². The quantitative estimate of drug-likeness (QED) is 0.536. The molecule has 0 aromatic heterocycles. The molecule has 0 aliphatic heterocycles. The molecule has 1 atom stereocenters. The van der Waals surface area contributed by atoms with Crippen molar-refractivity contribution >= 4 is 45.8 Å². The Balaban J connectivity index is 1.76. The molecule has 2 N–H and O–H groups in total. The summed E-state index contributed by atoms with van der Waals surface area (Å²) in [5.41, 5.74) is 5.45. The van der Waals surface area contributed by atoms with Crippen molar-refractivity contribution in [1.82, 2.24) is 5.43 Å². The van der Waals surface area contributed by atoms with E-state index in [1.165, 1.54) is 6.42 Å². The number of nitrogens with zero attached hydrogens (tertiary/aromatic N) is 1. The van der Waals surface area contributed by atoms with Gasteiger partial charge in [0.1, 0.15) is 0 Å². The summed E-state index contributed by atoms with van der Waals surface area (Å²) < 4.78 is 1.12. The summed E-state index contributed by atoms with van der Waals surface area (Å²) in [6.45, 7) is 4.09. The molecule has 0 bridgehead atoms. The van der Waals surface area contributed by atoms with E-state index in [9.17, 15) is 9.59 Å². The number of amides is 2. The predicted molar refractivity (Wildman–Crippen MR) is 105 cm³/mol. The molecule has 1 aromatic rings. The lowest BCUT2D eigenvalue weighted by molar-refractivity contribution is -0.124. The van der Waals surface area contributed by atoms with Crippen LogP contribution in [0.15, 0.2) is 23.3 Å². The molecular formula is C18H24IN3O2. The Labute approximate surface area is 156 Å². The smallest absolute Gasteiger partial charge is 0.240 e. The normalized spacial score (nSPS) is 19.1. The summed E-state index contributed by atoms with van der Waals surface area (Å²) in [7, 11) is 0. The zero-order valence-corrected chi connectivity index (χ0v) is 16.4. The first-order valence-electron chi connectivity index (χ1n) is 8.37. The molecule has 2 rings (SSSR count). The van der Waals surface area contributed by atoms with Gasteiger partial charge in [-0.25, -0.2) is 5.43 Å². The first-order chi connectivity index (χ1) is 11.5. The molecule has 0 heterocycles. The maximum absolute atomic E-state index is 12.0. The highest BCUT2D eigenvalue weighted by Crippen LogP contribution is 2.21. The molecular weight excluding hydrogens is 417 g/mol. The van der Waals surface area contributed by atoms with Crippen molar-refractivity contribution in [2.45, 2.75) is 52.4 Å². The van der Waals surface area contributed by atoms with Crippen molar-refractivity contribution in [1.29, 1.82) is 0 Å². The summed E-state index contributed by atoms with van der Waals surface area (Å²) in [6, 6.07) is 5.83. The zero-order chi connectivity index (χ0) is 17.5. The minimum Gasteiger partial charge on any atom is -0.326 e. The van der Waals surface area contributed by atoms with Crippen LogP contribution in [0.5, 0.6) is 0 Å². The molecule has 0 spiro atoms. The van der Waals surface area contributed by atoms with Gasteiger partial charge < -0.3 is 5.32 Å². The van der Waals surface area contributed by atoms with Crippen molar-refractivity contribution in [3.05, 3.63) is 27.3 Å². The van der Waals surface area contributed by atoms with E-state index in [0.717, 1.165) is 39.8 Å². The average molecular weight is 441 g/mol. The maximum Gasteiger partial charge on any atom is 0.240 e. The summed E-state index contributed by atoms with van der Waals surface area (Å²) in [4.78, 5) is 23.8. The van der Waals surface area contributed by atoms with Crippen molar-refractivity contribution in [3.8, 4) is 0 Å². The lowest BCUT2D eigenvalue weighted by Crippen LogP contribution is -2.25. The van der Waals surface area contributed by atoms with E-state index in [0.29, 0.717) is 5.92 Å². The molecule has 0 radical (unpaired) electrons. The molecule has 1 unspecified atom stereocenters. The van der Waals surface area contributed by atoms with Crippen LogP contribution in [-0.4, -0.2) is 17.5 Å². The van der Waals surface area contributed by atoms with E-state index in [4.69, 9.17) is 0 Å². The second-order valence-corrected chi connectivity index (χ2v) is 7.54. The highest BCUT2D eigenvalue weighted by Gasteiger charge is 2.16. The van der Waals surface area contributed by atoms with Gasteiger partial charge in [-0.1, -0.05) is 13.3 Å². The third kappa shape index (κ3) is 5.89. The summed E-state index contributed by atoms with van der Waals surface area (Å²) >= 11 is 2.23. The highest BCUT2D eigenvalue weighted by atomic mass is 127. The van der Waals surface area contributed by atoms with Crippen LogP contribution in [-0.2, 0) is 9.59 Å². The van der Waals surface area contributed by atoms with Gasteiger partial charge in [0.05, 0.1) is 0 Å². The monoisotopic (exact) mass is 441 g/mol. The van der Waals surface area contributed by atoms with E-state index in [2.05, 4.69) is 45.4 Å². The van der Waals surface area contributed by atoms with Crippen LogP contribution in [0.3, 0.4) is 0 Å². The van der Waals surface area contributed by atoms with Crippen LogP contribution >= 0.6 is 22.6 Å². The lowest BCUT2D eigenvalue weighted by atomic mass is 9.89. The van der Waals surface area contributed by atoms with E-state index >= 15 is 0 Å². The van der Waals surface area contributed by atoms with Gasteiger partial charge >= 0.3 is 0 Å². The van der Waals surface area contributed by atoms with Crippen molar-refractivity contribution < 1.29 is 9.59 Å². The van der Waals surface area contributed by atoms with Gasteiger partial charge in [0.25, 0.3) is 0 Å². The molecule has 1 saturated carbocycles. The lowest BCUT2D eigenvalue weighted by Gasteiger charge is -2.19. The molecule has 130 valence electrons. The van der Waals surface area contributed by atoms with E-state index < -0.39 is 0 Å². The Morgan fingerprint density at radius 2 is 2.00 bits per heavy atom. The Bertz CT molecular complexity index is 643. The number of aryl methyl sites for hydroxylation is 1. The number of carbonyl (C=O) groups excluding carboxylic acids is 2. The van der Waals surface area contributed by atoms with Crippen LogP contribution in [0.1, 0.15) is 51.0 Å². The summed E-state index contributed by atoms with van der Waals surface area (Å²) in [5.74, 6) is 0.0640. The zero-order valence-electron chi connectivity index (χ0n) is 14.2. The fourth-order valence-corrected chi connectivity index (χ4v) is 3.38. The molecule has 1 fully saturated rings. The Hall–Kier alpha value is -1.44. The fraction of sp³-hybridized carbons (Fsp3) is 0.500. The number of rotatable bonds is 5. The number of hydrogen-bond acceptors (Lipinski definition) is 3. The number of hydrogen-bond donors (Lipinski definition) is 2. The molecule has 1 aromatic carbocycles. The standard InChI is InChI=1S/C18H24IN3O2/c1-12-5-3-4-6-16(12)21-22-18(24)10-9-17(23)20-15-8-7-14(19)11-13(15)2/h7-8,11-12H,3-6,9-10H2,1-2H3,(H,20,23)(H,22,24). The Morgan fingerprint density at radius 1 is 1.25 bits per heavy atom. The van der Waals surface area contributed by atoms with Gasteiger partial charge in [-0.2, -0.15) is 5.10 Å². The van der Waals surface area contributed by atoms with Crippen LogP contribution in [0, 0.1) is 16.4 Å². The van der Waals surface area contributed by atoms with E-state index in [1.54, 1.807) is 0 Å². The van der Waals surface area contributed by atoms with Crippen molar-refractivity contribution in [3.63, 3.8) is 0 Å². The number of halogens is 1. The second-order valence-electron chi connectivity index (χ2n) is 6.29. The SMILES string of the molecule is Cc1cc(I)ccc1NC(=O)CCC(=O)NN=C1CCCCC1C. The molecule has 6 heteroatoms. The highest BCUT2D eigenvalue weighted by molar-refractivity contribution is 14.1. The first-order valence-corrected chi connectivity index (χ1v) is 9.45. The van der Waals surface area contributed by atoms with E-state index in [1.807, 2.05) is 25.1 Å². The van der Waals surface area contributed by atoms with Gasteiger partial charge in [0, 0.05) is 27.8 Å². The minimum absolute atomic E-state index is 0.139. The summed E-state index contributed by atoms with van der Waals surface area (Å²) in [6.07, 6.45) is 4.74. The Kier molecular flexibility index (Phi) is 7.20. The van der Waals surface area contributed by atoms with Gasteiger partial charge in [0.2, 0.25) is 11.8 Å². The number of hydrazone groups is 1. The molecule has 1 aliphatic rings. The van der Waals surface area contributed by atoms with Crippen LogP contribution in [0.2, 0.25) is 0 Å². The van der Waals surface area contributed by atoms with Gasteiger partial charge in [-0.3, -0.25) is 9.59 Å². The fourth-order valence-electron chi connectivity index (χ4n) is 2.73. The van der Waals surface area contributed by atoms with Gasteiger partial charge in [-0.15, -0.1) is 0 Å². The predicted octanol–water partition coefficient (Wildman–Crippen LogP) is 4.00. The number of anilines is 1. The molecule has 0 saturated heterocycles. The number of nitrogens with one attached hydrogen (secondary N) is 2. The summed E-state index contributed by atoms with van der Waals surface area (Å²) in [5, 5.41) is 7.08. The van der Waals surface area contributed by atoms with Gasteiger partial charge in [0.15, 0.2) is 0 Å². The molecule has 2 amide bonds. The van der Waals surface area contributed by atoms with E-state index in [-0.39, 0.29) is 24.7 Å². The second kappa shape index (κ2) is 9.15. The van der Waals surface area contributed by atoms with Gasteiger partial charge in [-0.05, 0) is 78.5 Å². The minimum atomic E-state index is -0.213. The van der Waals surface area contributed by atoms with Crippen LogP contribution in [0.4, 0.5) is 5.69 Å². The maximum atomic E-state index is 12.0. The third-order valence-corrected chi connectivity index (χ3v) is 4.93. The molecule has 1 aliphatic carbocycles.